The quantitative estimate of drug-likeness (QED) is 0.562. The predicted octanol–water partition coefficient (Wildman–Crippen LogP) is 4.51. The first-order valence-corrected chi connectivity index (χ1v) is 10.2. The molecule has 27 heavy (non-hydrogen) atoms. The van der Waals surface area contributed by atoms with Crippen LogP contribution in [0.4, 0.5) is 5.69 Å². The highest BCUT2D eigenvalue weighted by molar-refractivity contribution is 7.08. The van der Waals surface area contributed by atoms with E-state index in [1.54, 1.807) is 6.07 Å². The van der Waals surface area contributed by atoms with Gasteiger partial charge in [0.1, 0.15) is 0 Å². The third-order valence-corrected chi connectivity index (χ3v) is 4.95. The molecule has 0 aliphatic carbocycles. The molecule has 5 nitrogen and oxygen atoms in total. The smallest absolute Gasteiger partial charge is 0.252 e. The average Bonchev–Trinajstić information content (AvgIpc) is 3.28. The number of rotatable bonds is 8. The lowest BCUT2D eigenvalue weighted by Gasteiger charge is -2.09. The second-order valence-electron chi connectivity index (χ2n) is 7.06. The van der Waals surface area contributed by atoms with Crippen LogP contribution in [0.2, 0.25) is 0 Å². The Bertz CT molecular complexity index is 913. The van der Waals surface area contributed by atoms with Gasteiger partial charge in [0.25, 0.3) is 5.91 Å². The Balaban J connectivity index is 1.47. The van der Waals surface area contributed by atoms with E-state index in [1.807, 2.05) is 22.9 Å². The Labute approximate surface area is 163 Å². The predicted molar refractivity (Wildman–Crippen MR) is 111 cm³/mol. The van der Waals surface area contributed by atoms with Gasteiger partial charge in [-0.1, -0.05) is 13.8 Å². The van der Waals surface area contributed by atoms with Gasteiger partial charge in [-0.3, -0.25) is 9.59 Å². The molecule has 2 aromatic heterocycles. The topological polar surface area (TPSA) is 63.1 Å². The summed E-state index contributed by atoms with van der Waals surface area (Å²) >= 11 is 1.49. The van der Waals surface area contributed by atoms with Crippen LogP contribution in [0.25, 0.3) is 10.9 Å². The summed E-state index contributed by atoms with van der Waals surface area (Å²) in [5.74, 6) is 0.453. The highest BCUT2D eigenvalue weighted by Gasteiger charge is 2.08. The van der Waals surface area contributed by atoms with Crippen molar-refractivity contribution in [1.82, 2.24) is 9.88 Å². The monoisotopic (exact) mass is 383 g/mol. The van der Waals surface area contributed by atoms with Crippen LogP contribution in [-0.4, -0.2) is 22.9 Å². The summed E-state index contributed by atoms with van der Waals surface area (Å²) < 4.78 is 2.24. The number of hydrogen-bond acceptors (Lipinski definition) is 3. The normalized spacial score (nSPS) is 11.1. The van der Waals surface area contributed by atoms with Crippen molar-refractivity contribution < 1.29 is 9.59 Å². The molecule has 2 N–H and O–H groups in total. The van der Waals surface area contributed by atoms with Crippen molar-refractivity contribution in [2.45, 2.75) is 33.2 Å². The highest BCUT2D eigenvalue weighted by Crippen LogP contribution is 2.21. The zero-order chi connectivity index (χ0) is 19.2. The van der Waals surface area contributed by atoms with Crippen molar-refractivity contribution in [1.29, 1.82) is 0 Å². The van der Waals surface area contributed by atoms with Crippen LogP contribution in [0.1, 0.15) is 37.0 Å². The SMILES string of the molecule is CC(C)Cn1ccc2cc(NC(=O)CCCNC(=O)c3ccsc3)ccc21. The Hall–Kier alpha value is -2.60. The van der Waals surface area contributed by atoms with Gasteiger partial charge in [0, 0.05) is 53.2 Å². The van der Waals surface area contributed by atoms with Gasteiger partial charge < -0.3 is 15.2 Å². The van der Waals surface area contributed by atoms with Gasteiger partial charge in [0.2, 0.25) is 5.91 Å². The lowest BCUT2D eigenvalue weighted by atomic mass is 10.2. The molecule has 3 rings (SSSR count). The first-order valence-electron chi connectivity index (χ1n) is 9.22. The van der Waals surface area contributed by atoms with Crippen molar-refractivity contribution in [3.05, 3.63) is 52.9 Å². The number of thiophene rings is 1. The molecule has 0 fully saturated rings. The third kappa shape index (κ3) is 5.20. The maximum atomic E-state index is 12.1. The minimum atomic E-state index is -0.0898. The van der Waals surface area contributed by atoms with Crippen molar-refractivity contribution in [3.63, 3.8) is 0 Å². The van der Waals surface area contributed by atoms with Crippen LogP contribution in [-0.2, 0) is 11.3 Å². The van der Waals surface area contributed by atoms with Crippen molar-refractivity contribution in [2.24, 2.45) is 5.92 Å². The lowest BCUT2D eigenvalue weighted by molar-refractivity contribution is -0.116. The maximum Gasteiger partial charge on any atom is 0.252 e. The second kappa shape index (κ2) is 8.86. The minimum Gasteiger partial charge on any atom is -0.352 e. The van der Waals surface area contributed by atoms with Crippen molar-refractivity contribution in [2.75, 3.05) is 11.9 Å². The number of benzene rings is 1. The molecule has 0 spiro atoms. The standard InChI is InChI=1S/C21H25N3O2S/c1-15(2)13-24-10-7-16-12-18(5-6-19(16)24)23-20(25)4-3-9-22-21(26)17-8-11-27-14-17/h5-8,10-12,14-15H,3-4,9,13H2,1-2H3,(H,22,26)(H,23,25). The lowest BCUT2D eigenvalue weighted by Crippen LogP contribution is -2.25. The molecule has 0 saturated heterocycles. The van der Waals surface area contributed by atoms with Crippen LogP contribution in [0.3, 0.4) is 0 Å². The molecule has 0 unspecified atom stereocenters. The van der Waals surface area contributed by atoms with Gasteiger partial charge >= 0.3 is 0 Å². The molecule has 3 aromatic rings. The molecule has 2 amide bonds. The number of carbonyl (C=O) groups is 2. The summed E-state index contributed by atoms with van der Waals surface area (Å²) in [5.41, 5.74) is 2.65. The molecular weight excluding hydrogens is 358 g/mol. The second-order valence-corrected chi connectivity index (χ2v) is 7.84. The number of amides is 2. The van der Waals surface area contributed by atoms with E-state index < -0.39 is 0 Å². The van der Waals surface area contributed by atoms with Crippen LogP contribution in [0.5, 0.6) is 0 Å². The summed E-state index contributed by atoms with van der Waals surface area (Å²) in [7, 11) is 0. The van der Waals surface area contributed by atoms with Gasteiger partial charge in [0.05, 0.1) is 0 Å². The Morgan fingerprint density at radius 1 is 1.19 bits per heavy atom. The summed E-state index contributed by atoms with van der Waals surface area (Å²) in [6.07, 6.45) is 3.07. The van der Waals surface area contributed by atoms with E-state index in [2.05, 4.69) is 47.4 Å². The molecule has 0 saturated carbocycles. The molecule has 0 atom stereocenters. The first kappa shape index (κ1) is 19.2. The number of aromatic nitrogens is 1. The summed E-state index contributed by atoms with van der Waals surface area (Å²) in [5, 5.41) is 10.6. The molecule has 1 aromatic carbocycles. The maximum absolute atomic E-state index is 12.1. The molecule has 0 aliphatic rings. The van der Waals surface area contributed by atoms with E-state index in [0.29, 0.717) is 30.9 Å². The Morgan fingerprint density at radius 3 is 2.78 bits per heavy atom. The molecule has 142 valence electrons. The Kier molecular flexibility index (Phi) is 6.29. The fraction of sp³-hybridized carbons (Fsp3) is 0.333. The van der Waals surface area contributed by atoms with Crippen LogP contribution in [0.15, 0.2) is 47.3 Å². The van der Waals surface area contributed by atoms with E-state index in [9.17, 15) is 9.59 Å². The minimum absolute atomic E-state index is 0.0410. The highest BCUT2D eigenvalue weighted by atomic mass is 32.1. The fourth-order valence-corrected chi connectivity index (χ4v) is 3.64. The largest absolute Gasteiger partial charge is 0.352 e. The molecule has 2 heterocycles. The van der Waals surface area contributed by atoms with Gasteiger partial charge in [-0.2, -0.15) is 11.3 Å². The van der Waals surface area contributed by atoms with E-state index in [-0.39, 0.29) is 11.8 Å². The summed E-state index contributed by atoms with van der Waals surface area (Å²) in [6, 6.07) is 9.86. The number of nitrogens with one attached hydrogen (secondary N) is 2. The Morgan fingerprint density at radius 2 is 2.04 bits per heavy atom. The molecular formula is C21H25N3O2S. The zero-order valence-electron chi connectivity index (χ0n) is 15.7. The van der Waals surface area contributed by atoms with Crippen molar-refractivity contribution >= 4 is 39.7 Å². The van der Waals surface area contributed by atoms with Crippen LogP contribution < -0.4 is 10.6 Å². The number of fused-ring (bicyclic) bond motifs is 1. The van der Waals surface area contributed by atoms with Crippen LogP contribution in [0, 0.1) is 5.92 Å². The van der Waals surface area contributed by atoms with Crippen molar-refractivity contribution in [3.8, 4) is 0 Å². The number of anilines is 1. The van der Waals surface area contributed by atoms with Gasteiger partial charge in [-0.25, -0.2) is 0 Å². The molecule has 0 aliphatic heterocycles. The zero-order valence-corrected chi connectivity index (χ0v) is 16.5. The van der Waals surface area contributed by atoms with Gasteiger partial charge in [-0.15, -0.1) is 0 Å². The first-order chi connectivity index (χ1) is 13.0. The average molecular weight is 384 g/mol. The number of hydrogen-bond donors (Lipinski definition) is 2. The fourth-order valence-electron chi connectivity index (χ4n) is 3.00. The molecule has 0 radical (unpaired) electrons. The van der Waals surface area contributed by atoms with E-state index in [1.165, 1.54) is 16.9 Å². The molecule has 0 bridgehead atoms. The van der Waals surface area contributed by atoms with E-state index in [0.717, 1.165) is 17.6 Å². The summed E-state index contributed by atoms with van der Waals surface area (Å²) in [6.45, 7) is 5.86. The number of carbonyl (C=O) groups excluding carboxylic acids is 2. The number of nitrogens with zero attached hydrogens (tertiary/aromatic N) is 1. The van der Waals surface area contributed by atoms with Gasteiger partial charge in [-0.05, 0) is 48.1 Å². The third-order valence-electron chi connectivity index (χ3n) is 4.27. The molecule has 6 heteroatoms. The van der Waals surface area contributed by atoms with E-state index >= 15 is 0 Å². The van der Waals surface area contributed by atoms with E-state index in [4.69, 9.17) is 0 Å². The van der Waals surface area contributed by atoms with Crippen LogP contribution >= 0.6 is 11.3 Å². The van der Waals surface area contributed by atoms with Gasteiger partial charge in [0.15, 0.2) is 0 Å². The summed E-state index contributed by atoms with van der Waals surface area (Å²) in [4.78, 5) is 24.0.